The van der Waals surface area contributed by atoms with E-state index in [1.807, 2.05) is 17.9 Å². The Hall–Kier alpha value is -2.63. The van der Waals surface area contributed by atoms with Crippen molar-refractivity contribution < 1.29 is 18.3 Å². The molecule has 1 heterocycles. The molecule has 26 heavy (non-hydrogen) atoms. The molecule has 1 N–H and O–H groups in total. The number of amides is 1. The molecule has 0 saturated carbocycles. The van der Waals surface area contributed by atoms with E-state index in [0.717, 1.165) is 24.9 Å². The summed E-state index contributed by atoms with van der Waals surface area (Å²) in [5.74, 6) is -1.01. The third kappa shape index (κ3) is 3.95. The van der Waals surface area contributed by atoms with Gasteiger partial charge in [0.15, 0.2) is 0 Å². The Balaban J connectivity index is 1.70. The number of hydrogen-bond acceptors (Lipinski definition) is 3. The normalized spacial score (nSPS) is 17.1. The Labute approximate surface area is 151 Å². The van der Waals surface area contributed by atoms with Crippen LogP contribution in [0.3, 0.4) is 0 Å². The maximum atomic E-state index is 14.1. The molecule has 1 fully saturated rings. The molecule has 1 unspecified atom stereocenters. The predicted octanol–water partition coefficient (Wildman–Crippen LogP) is 3.68. The number of anilines is 1. The highest BCUT2D eigenvalue weighted by Gasteiger charge is 2.24. The number of benzene rings is 2. The predicted molar refractivity (Wildman–Crippen MR) is 96.8 cm³/mol. The van der Waals surface area contributed by atoms with Crippen LogP contribution in [0.1, 0.15) is 28.8 Å². The molecule has 1 aliphatic heterocycles. The number of methoxy groups -OCH3 is 1. The molecule has 2 aromatic carbocycles. The number of nitrogens with zero attached hydrogens (tertiary/aromatic N) is 1. The number of piperidine rings is 1. The van der Waals surface area contributed by atoms with Gasteiger partial charge in [0.1, 0.15) is 17.4 Å². The molecule has 138 valence electrons. The number of carbonyl (C=O) groups is 1. The Morgan fingerprint density at radius 3 is 2.73 bits per heavy atom. The van der Waals surface area contributed by atoms with Crippen LogP contribution in [-0.2, 0) is 0 Å². The van der Waals surface area contributed by atoms with Crippen molar-refractivity contribution in [2.45, 2.75) is 25.8 Å². The van der Waals surface area contributed by atoms with E-state index in [1.54, 1.807) is 12.1 Å². The largest absolute Gasteiger partial charge is 0.497 e. The quantitative estimate of drug-likeness (QED) is 0.904. The number of carbonyl (C=O) groups excluding carboxylic acids is 1. The second-order valence-electron chi connectivity index (χ2n) is 6.56. The summed E-state index contributed by atoms with van der Waals surface area (Å²) in [5.41, 5.74) is 1.50. The monoisotopic (exact) mass is 360 g/mol. The second-order valence-corrected chi connectivity index (χ2v) is 6.56. The summed E-state index contributed by atoms with van der Waals surface area (Å²) in [5, 5.41) is 2.86. The smallest absolute Gasteiger partial charge is 0.254 e. The van der Waals surface area contributed by atoms with Crippen LogP contribution in [0, 0.1) is 18.6 Å². The van der Waals surface area contributed by atoms with Crippen molar-refractivity contribution >= 4 is 11.6 Å². The van der Waals surface area contributed by atoms with Crippen LogP contribution in [0.4, 0.5) is 14.5 Å². The van der Waals surface area contributed by atoms with Crippen molar-refractivity contribution in [3.05, 3.63) is 59.2 Å². The molecular formula is C20H22F2N2O2. The molecule has 1 amide bonds. The molecular weight excluding hydrogens is 338 g/mol. The first-order valence-electron chi connectivity index (χ1n) is 8.63. The fourth-order valence-corrected chi connectivity index (χ4v) is 3.25. The van der Waals surface area contributed by atoms with Crippen LogP contribution in [0.2, 0.25) is 0 Å². The van der Waals surface area contributed by atoms with Gasteiger partial charge in [0.05, 0.1) is 18.4 Å². The minimum Gasteiger partial charge on any atom is -0.497 e. The lowest BCUT2D eigenvalue weighted by Gasteiger charge is -2.35. The van der Waals surface area contributed by atoms with Crippen LogP contribution >= 0.6 is 0 Å². The van der Waals surface area contributed by atoms with E-state index in [9.17, 15) is 13.6 Å². The fourth-order valence-electron chi connectivity index (χ4n) is 3.25. The van der Waals surface area contributed by atoms with E-state index >= 15 is 0 Å². The van der Waals surface area contributed by atoms with Gasteiger partial charge in [-0.3, -0.25) is 4.79 Å². The second kappa shape index (κ2) is 7.72. The lowest BCUT2D eigenvalue weighted by atomic mass is 10.0. The molecule has 4 nitrogen and oxygen atoms in total. The van der Waals surface area contributed by atoms with E-state index in [2.05, 4.69) is 5.32 Å². The summed E-state index contributed by atoms with van der Waals surface area (Å²) >= 11 is 0. The highest BCUT2D eigenvalue weighted by Crippen LogP contribution is 2.25. The molecule has 0 radical (unpaired) electrons. The molecule has 6 heteroatoms. The van der Waals surface area contributed by atoms with Gasteiger partial charge in [0.2, 0.25) is 0 Å². The zero-order valence-corrected chi connectivity index (χ0v) is 14.9. The van der Waals surface area contributed by atoms with E-state index in [1.165, 1.54) is 25.3 Å². The molecule has 1 saturated heterocycles. The average molecular weight is 360 g/mol. The summed E-state index contributed by atoms with van der Waals surface area (Å²) in [6, 6.07) is 8.97. The highest BCUT2D eigenvalue weighted by atomic mass is 19.1. The summed E-state index contributed by atoms with van der Waals surface area (Å²) in [4.78, 5) is 14.3. The van der Waals surface area contributed by atoms with Gasteiger partial charge in [-0.15, -0.1) is 0 Å². The van der Waals surface area contributed by atoms with Crippen molar-refractivity contribution in [1.29, 1.82) is 0 Å². The fraction of sp³-hybridized carbons (Fsp3) is 0.350. The Morgan fingerprint density at radius 2 is 2.00 bits per heavy atom. The van der Waals surface area contributed by atoms with Gasteiger partial charge in [0, 0.05) is 25.2 Å². The minimum atomic E-state index is -0.626. The van der Waals surface area contributed by atoms with Crippen LogP contribution in [0.25, 0.3) is 0 Å². The zero-order valence-electron chi connectivity index (χ0n) is 14.9. The Morgan fingerprint density at radius 1 is 1.19 bits per heavy atom. The van der Waals surface area contributed by atoms with Crippen LogP contribution < -0.4 is 15.0 Å². The van der Waals surface area contributed by atoms with Gasteiger partial charge in [-0.1, -0.05) is 6.07 Å². The number of aryl methyl sites for hydroxylation is 1. The first kappa shape index (κ1) is 18.2. The molecule has 0 bridgehead atoms. The molecule has 0 aliphatic carbocycles. The number of halogens is 2. The van der Waals surface area contributed by atoms with Crippen LogP contribution in [0.15, 0.2) is 36.4 Å². The topological polar surface area (TPSA) is 41.6 Å². The summed E-state index contributed by atoms with van der Waals surface area (Å²) in [6.07, 6.45) is 1.59. The number of ether oxygens (including phenoxy) is 1. The van der Waals surface area contributed by atoms with Gasteiger partial charge in [-0.05, 0) is 49.6 Å². The molecule has 1 aliphatic rings. The van der Waals surface area contributed by atoms with Crippen LogP contribution in [0.5, 0.6) is 5.75 Å². The molecule has 0 aromatic heterocycles. The summed E-state index contributed by atoms with van der Waals surface area (Å²) in [7, 11) is 1.44. The van der Waals surface area contributed by atoms with E-state index in [0.29, 0.717) is 18.0 Å². The maximum absolute atomic E-state index is 14.1. The lowest BCUT2D eigenvalue weighted by molar-refractivity contribution is 0.0929. The van der Waals surface area contributed by atoms with E-state index in [-0.39, 0.29) is 17.4 Å². The van der Waals surface area contributed by atoms with Crippen molar-refractivity contribution in [3.8, 4) is 5.75 Å². The van der Waals surface area contributed by atoms with Gasteiger partial charge >= 0.3 is 0 Å². The minimum absolute atomic E-state index is 0.0235. The van der Waals surface area contributed by atoms with Crippen molar-refractivity contribution in [3.63, 3.8) is 0 Å². The molecule has 2 aromatic rings. The van der Waals surface area contributed by atoms with Crippen LogP contribution in [-0.4, -0.2) is 32.1 Å². The lowest BCUT2D eigenvalue weighted by Crippen LogP contribution is -2.48. The number of rotatable bonds is 4. The maximum Gasteiger partial charge on any atom is 0.254 e. The summed E-state index contributed by atoms with van der Waals surface area (Å²) in [6.45, 7) is 3.13. The van der Waals surface area contributed by atoms with Crippen molar-refractivity contribution in [2.75, 3.05) is 25.1 Å². The first-order chi connectivity index (χ1) is 12.5. The first-order valence-corrected chi connectivity index (χ1v) is 8.63. The van der Waals surface area contributed by atoms with Crippen molar-refractivity contribution in [1.82, 2.24) is 5.32 Å². The van der Waals surface area contributed by atoms with E-state index in [4.69, 9.17) is 4.74 Å². The highest BCUT2D eigenvalue weighted by molar-refractivity contribution is 5.94. The SMILES string of the molecule is COc1ccc(C(=O)NC2CCCN(c3cc(C)ccc3F)C2)c(F)c1. The third-order valence-electron chi connectivity index (χ3n) is 4.62. The van der Waals surface area contributed by atoms with E-state index < -0.39 is 11.7 Å². The molecule has 3 rings (SSSR count). The van der Waals surface area contributed by atoms with Gasteiger partial charge < -0.3 is 15.0 Å². The Kier molecular flexibility index (Phi) is 5.40. The van der Waals surface area contributed by atoms with Gasteiger partial charge in [-0.25, -0.2) is 8.78 Å². The van der Waals surface area contributed by atoms with Gasteiger partial charge in [-0.2, -0.15) is 0 Å². The standard InChI is InChI=1S/C20H22F2N2O2/c1-13-5-8-17(21)19(10-13)24-9-3-4-14(12-24)23-20(25)16-7-6-15(26-2)11-18(16)22/h5-8,10-11,14H,3-4,9,12H2,1-2H3,(H,23,25). The molecule has 0 spiro atoms. The number of nitrogens with one attached hydrogen (secondary N) is 1. The third-order valence-corrected chi connectivity index (χ3v) is 4.62. The summed E-state index contributed by atoms with van der Waals surface area (Å²) < 4.78 is 33.2. The van der Waals surface area contributed by atoms with Crippen molar-refractivity contribution in [2.24, 2.45) is 0 Å². The van der Waals surface area contributed by atoms with Gasteiger partial charge in [0.25, 0.3) is 5.91 Å². The number of hydrogen-bond donors (Lipinski definition) is 1. The average Bonchev–Trinajstić information content (AvgIpc) is 2.63. The Bertz CT molecular complexity index is 810. The zero-order chi connectivity index (χ0) is 18.7. The molecule has 1 atom stereocenters.